The summed E-state index contributed by atoms with van der Waals surface area (Å²) in [6.45, 7) is 10.6. The van der Waals surface area contributed by atoms with Gasteiger partial charge in [0.1, 0.15) is 0 Å². The van der Waals surface area contributed by atoms with Gasteiger partial charge in [-0.2, -0.15) is 0 Å². The van der Waals surface area contributed by atoms with Crippen LogP contribution in [0, 0.1) is 5.41 Å². The second-order valence-corrected chi connectivity index (χ2v) is 8.40. The molecule has 1 aromatic carbocycles. The van der Waals surface area contributed by atoms with Crippen molar-refractivity contribution in [3.63, 3.8) is 0 Å². The van der Waals surface area contributed by atoms with E-state index in [1.165, 1.54) is 11.1 Å². The summed E-state index contributed by atoms with van der Waals surface area (Å²) in [4.78, 5) is 7.45. The Kier molecular flexibility index (Phi) is 10.8. The second kappa shape index (κ2) is 12.8. The number of nitrogens with one attached hydrogen (secondary N) is 2. The summed E-state index contributed by atoms with van der Waals surface area (Å²) in [6.07, 6.45) is 3.96. The number of aliphatic hydroxyl groups excluding tert-OH is 1. The lowest BCUT2D eigenvalue weighted by atomic mass is 9.84. The molecule has 2 unspecified atom stereocenters. The third-order valence-electron chi connectivity index (χ3n) is 6.40. The lowest BCUT2D eigenvalue weighted by Gasteiger charge is -2.35. The van der Waals surface area contributed by atoms with Gasteiger partial charge in [-0.1, -0.05) is 31.2 Å². The van der Waals surface area contributed by atoms with Crippen LogP contribution in [0.4, 0.5) is 0 Å². The SMILES string of the molecule is CCNC(=NCC1(CCO)CCOC1)NCC(CC)N1CCc2ccccc2C1.I. The Morgan fingerprint density at radius 1 is 1.27 bits per heavy atom. The number of hydrogen-bond donors (Lipinski definition) is 3. The summed E-state index contributed by atoms with van der Waals surface area (Å²) in [7, 11) is 0. The maximum atomic E-state index is 9.44. The van der Waals surface area contributed by atoms with Crippen LogP contribution in [-0.2, 0) is 17.7 Å². The first-order valence-corrected chi connectivity index (χ1v) is 11.2. The zero-order valence-corrected chi connectivity index (χ0v) is 20.9. The first-order valence-electron chi connectivity index (χ1n) is 11.2. The van der Waals surface area contributed by atoms with E-state index in [2.05, 4.69) is 53.6 Å². The van der Waals surface area contributed by atoms with E-state index in [0.717, 1.165) is 64.4 Å². The zero-order chi connectivity index (χ0) is 20.5. The minimum atomic E-state index is -0.0160. The number of rotatable bonds is 9. The quantitative estimate of drug-likeness (QED) is 0.260. The highest BCUT2D eigenvalue weighted by atomic mass is 127. The third kappa shape index (κ3) is 6.80. The predicted molar refractivity (Wildman–Crippen MR) is 134 cm³/mol. The fraction of sp³-hybridized carbons (Fsp3) is 0.696. The Labute approximate surface area is 198 Å². The number of ether oxygens (including phenoxy) is 1. The van der Waals surface area contributed by atoms with Gasteiger partial charge in [0.25, 0.3) is 0 Å². The van der Waals surface area contributed by atoms with Gasteiger partial charge in [0.05, 0.1) is 13.2 Å². The Morgan fingerprint density at radius 3 is 2.73 bits per heavy atom. The van der Waals surface area contributed by atoms with E-state index in [1.54, 1.807) is 0 Å². The van der Waals surface area contributed by atoms with Gasteiger partial charge in [0, 0.05) is 50.8 Å². The molecule has 3 rings (SSSR count). The van der Waals surface area contributed by atoms with Crippen LogP contribution in [0.15, 0.2) is 29.3 Å². The van der Waals surface area contributed by atoms with Crippen molar-refractivity contribution in [2.45, 2.75) is 52.1 Å². The third-order valence-corrected chi connectivity index (χ3v) is 6.40. The fourth-order valence-electron chi connectivity index (χ4n) is 4.45. The van der Waals surface area contributed by atoms with Crippen molar-refractivity contribution in [2.75, 3.05) is 46.0 Å². The van der Waals surface area contributed by atoms with Gasteiger partial charge in [0.2, 0.25) is 0 Å². The van der Waals surface area contributed by atoms with Crippen molar-refractivity contribution in [3.8, 4) is 0 Å². The molecule has 0 aliphatic carbocycles. The summed E-state index contributed by atoms with van der Waals surface area (Å²) in [5.74, 6) is 0.868. The van der Waals surface area contributed by atoms with Crippen LogP contribution < -0.4 is 10.6 Å². The molecule has 0 radical (unpaired) electrons. The van der Waals surface area contributed by atoms with Crippen molar-refractivity contribution in [1.29, 1.82) is 0 Å². The van der Waals surface area contributed by atoms with Crippen molar-refractivity contribution in [1.82, 2.24) is 15.5 Å². The molecule has 0 saturated carbocycles. The molecule has 0 amide bonds. The lowest BCUT2D eigenvalue weighted by Crippen LogP contribution is -2.48. The largest absolute Gasteiger partial charge is 0.396 e. The number of halogens is 1. The first-order chi connectivity index (χ1) is 14.2. The normalized spacial score (nSPS) is 22.8. The number of fused-ring (bicyclic) bond motifs is 1. The van der Waals surface area contributed by atoms with Crippen LogP contribution in [-0.4, -0.2) is 68.0 Å². The molecule has 2 aliphatic rings. The molecule has 170 valence electrons. The number of nitrogens with zero attached hydrogens (tertiary/aromatic N) is 2. The maximum absolute atomic E-state index is 9.44. The second-order valence-electron chi connectivity index (χ2n) is 8.40. The topological polar surface area (TPSA) is 69.1 Å². The fourth-order valence-corrected chi connectivity index (χ4v) is 4.45. The Morgan fingerprint density at radius 2 is 2.07 bits per heavy atom. The number of benzene rings is 1. The van der Waals surface area contributed by atoms with E-state index < -0.39 is 0 Å². The molecule has 0 bridgehead atoms. The maximum Gasteiger partial charge on any atom is 0.191 e. The smallest absolute Gasteiger partial charge is 0.191 e. The minimum Gasteiger partial charge on any atom is -0.396 e. The number of hydrogen-bond acceptors (Lipinski definition) is 4. The molecule has 0 aromatic heterocycles. The van der Waals surface area contributed by atoms with Crippen molar-refractivity contribution in [3.05, 3.63) is 35.4 Å². The molecular weight excluding hydrogens is 491 g/mol. The van der Waals surface area contributed by atoms with Crippen LogP contribution in [0.2, 0.25) is 0 Å². The number of guanidine groups is 1. The first kappa shape index (κ1) is 25.4. The molecule has 1 fully saturated rings. The molecule has 1 aromatic rings. The van der Waals surface area contributed by atoms with E-state index in [-0.39, 0.29) is 36.0 Å². The van der Waals surface area contributed by atoms with Gasteiger partial charge in [0.15, 0.2) is 5.96 Å². The van der Waals surface area contributed by atoms with Crippen LogP contribution in [0.3, 0.4) is 0 Å². The summed E-state index contributed by atoms with van der Waals surface area (Å²) in [5.41, 5.74) is 2.94. The molecule has 7 heteroatoms. The average Bonchev–Trinajstić information content (AvgIpc) is 3.21. The summed E-state index contributed by atoms with van der Waals surface area (Å²) >= 11 is 0. The van der Waals surface area contributed by atoms with Crippen molar-refractivity contribution >= 4 is 29.9 Å². The van der Waals surface area contributed by atoms with Crippen molar-refractivity contribution < 1.29 is 9.84 Å². The molecule has 2 heterocycles. The molecule has 6 nitrogen and oxygen atoms in total. The monoisotopic (exact) mass is 530 g/mol. The van der Waals surface area contributed by atoms with Crippen LogP contribution in [0.5, 0.6) is 0 Å². The average molecular weight is 530 g/mol. The van der Waals surface area contributed by atoms with Crippen LogP contribution >= 0.6 is 24.0 Å². The molecular formula is C23H39IN4O2. The molecule has 30 heavy (non-hydrogen) atoms. The molecule has 2 aliphatic heterocycles. The van der Waals surface area contributed by atoms with Gasteiger partial charge < -0.3 is 20.5 Å². The van der Waals surface area contributed by atoms with Gasteiger partial charge in [-0.3, -0.25) is 9.89 Å². The standard InChI is InChI=1S/C23H38N4O2.HI/c1-3-21(27-12-9-19-7-5-6-8-20(19)16-27)15-25-22(24-4-2)26-17-23(10-13-28)11-14-29-18-23;/h5-8,21,28H,3-4,9-18H2,1-2H3,(H2,24,25,26);1H. The van der Waals surface area contributed by atoms with E-state index in [1.807, 2.05) is 0 Å². The zero-order valence-electron chi connectivity index (χ0n) is 18.5. The Hall–Kier alpha value is -0.900. The molecule has 1 saturated heterocycles. The van der Waals surface area contributed by atoms with E-state index in [0.29, 0.717) is 19.2 Å². The number of aliphatic imine (C=N–C) groups is 1. The Bertz CT molecular complexity index is 664. The lowest BCUT2D eigenvalue weighted by molar-refractivity contribution is 0.131. The van der Waals surface area contributed by atoms with Crippen LogP contribution in [0.25, 0.3) is 0 Å². The number of aliphatic hydroxyl groups is 1. The van der Waals surface area contributed by atoms with Gasteiger partial charge >= 0.3 is 0 Å². The Balaban J connectivity index is 0.00000320. The van der Waals surface area contributed by atoms with E-state index in [9.17, 15) is 5.11 Å². The highest BCUT2D eigenvalue weighted by Gasteiger charge is 2.34. The van der Waals surface area contributed by atoms with Gasteiger partial charge in [-0.05, 0) is 43.7 Å². The van der Waals surface area contributed by atoms with Crippen LogP contribution in [0.1, 0.15) is 44.2 Å². The predicted octanol–water partition coefficient (Wildman–Crippen LogP) is 2.79. The highest BCUT2D eigenvalue weighted by molar-refractivity contribution is 14.0. The minimum absolute atomic E-state index is 0. The molecule has 3 N–H and O–H groups in total. The molecule has 2 atom stereocenters. The van der Waals surface area contributed by atoms with Gasteiger partial charge in [-0.15, -0.1) is 24.0 Å². The summed E-state index contributed by atoms with van der Waals surface area (Å²) in [5, 5.41) is 16.4. The van der Waals surface area contributed by atoms with Gasteiger partial charge in [-0.25, -0.2) is 0 Å². The van der Waals surface area contributed by atoms with E-state index >= 15 is 0 Å². The summed E-state index contributed by atoms with van der Waals surface area (Å²) < 4.78 is 5.60. The van der Waals surface area contributed by atoms with E-state index in [4.69, 9.17) is 9.73 Å². The summed E-state index contributed by atoms with van der Waals surface area (Å²) in [6, 6.07) is 9.29. The van der Waals surface area contributed by atoms with Crippen molar-refractivity contribution in [2.24, 2.45) is 10.4 Å². The highest BCUT2D eigenvalue weighted by Crippen LogP contribution is 2.32. The molecule has 0 spiro atoms.